The van der Waals surface area contributed by atoms with Crippen molar-refractivity contribution in [2.75, 3.05) is 25.6 Å². The maximum Gasteiger partial charge on any atom is 0.133 e. The Balaban J connectivity index is 2.17. The third-order valence-corrected chi connectivity index (χ3v) is 3.30. The van der Waals surface area contributed by atoms with E-state index in [9.17, 15) is 5.11 Å². The average Bonchev–Trinajstić information content (AvgIpc) is 2.64. The maximum absolute atomic E-state index is 9.29. The van der Waals surface area contributed by atoms with Gasteiger partial charge in [0.05, 0.1) is 19.3 Å². The molecule has 0 fully saturated rings. The van der Waals surface area contributed by atoms with E-state index in [1.807, 2.05) is 0 Å². The number of hydrogen-bond donors (Lipinski definition) is 2. The minimum Gasteiger partial charge on any atom is -0.394 e. The number of nitrogens with zero attached hydrogens (tertiary/aromatic N) is 2. The molecule has 1 aliphatic carbocycles. The SMILES string of the molecule is COCC(CO)Nc1ncnc2c1CCCCC2. The fourth-order valence-electron chi connectivity index (χ4n) is 2.36. The lowest BCUT2D eigenvalue weighted by atomic mass is 10.1. The number of rotatable bonds is 5. The van der Waals surface area contributed by atoms with E-state index in [-0.39, 0.29) is 12.6 Å². The van der Waals surface area contributed by atoms with Crippen molar-refractivity contribution in [3.05, 3.63) is 17.6 Å². The van der Waals surface area contributed by atoms with E-state index in [1.165, 1.54) is 24.8 Å². The van der Waals surface area contributed by atoms with Crippen LogP contribution in [0.3, 0.4) is 0 Å². The molecule has 1 aromatic heterocycles. The standard InChI is InChI=1S/C13H21N3O2/c1-18-8-10(7-17)16-13-11-5-3-2-4-6-12(11)14-9-15-13/h9-10,17H,2-8H2,1H3,(H,14,15,16). The largest absolute Gasteiger partial charge is 0.394 e. The zero-order valence-corrected chi connectivity index (χ0v) is 10.9. The summed E-state index contributed by atoms with van der Waals surface area (Å²) in [7, 11) is 1.63. The molecule has 2 rings (SSSR count). The molecule has 1 aromatic rings. The summed E-state index contributed by atoms with van der Waals surface area (Å²) in [6.45, 7) is 0.502. The third kappa shape index (κ3) is 3.17. The van der Waals surface area contributed by atoms with Gasteiger partial charge in [-0.25, -0.2) is 9.97 Å². The molecule has 0 spiro atoms. The fraction of sp³-hybridized carbons (Fsp3) is 0.692. The van der Waals surface area contributed by atoms with Crippen molar-refractivity contribution in [2.24, 2.45) is 0 Å². The van der Waals surface area contributed by atoms with E-state index in [0.29, 0.717) is 6.61 Å². The first-order valence-electron chi connectivity index (χ1n) is 6.54. The Hall–Kier alpha value is -1.20. The lowest BCUT2D eigenvalue weighted by Crippen LogP contribution is -2.30. The number of ether oxygens (including phenoxy) is 1. The van der Waals surface area contributed by atoms with Gasteiger partial charge in [0.15, 0.2) is 0 Å². The Morgan fingerprint density at radius 2 is 2.17 bits per heavy atom. The number of nitrogens with one attached hydrogen (secondary N) is 1. The van der Waals surface area contributed by atoms with E-state index < -0.39 is 0 Å². The summed E-state index contributed by atoms with van der Waals surface area (Å²) in [6.07, 6.45) is 7.28. The molecule has 1 atom stereocenters. The van der Waals surface area contributed by atoms with E-state index >= 15 is 0 Å². The van der Waals surface area contributed by atoms with Crippen molar-refractivity contribution >= 4 is 5.82 Å². The molecule has 18 heavy (non-hydrogen) atoms. The van der Waals surface area contributed by atoms with Gasteiger partial charge in [-0.15, -0.1) is 0 Å². The topological polar surface area (TPSA) is 67.3 Å². The molecule has 0 amide bonds. The third-order valence-electron chi connectivity index (χ3n) is 3.30. The van der Waals surface area contributed by atoms with Gasteiger partial charge in [-0.05, 0) is 25.7 Å². The van der Waals surface area contributed by atoms with Gasteiger partial charge in [-0.3, -0.25) is 0 Å². The summed E-state index contributed by atoms with van der Waals surface area (Å²) in [5.41, 5.74) is 2.36. The molecule has 0 aromatic carbocycles. The Kier molecular flexibility index (Phi) is 4.90. The maximum atomic E-state index is 9.29. The van der Waals surface area contributed by atoms with Crippen LogP contribution < -0.4 is 5.32 Å². The van der Waals surface area contributed by atoms with Crippen molar-refractivity contribution in [3.63, 3.8) is 0 Å². The summed E-state index contributed by atoms with van der Waals surface area (Å²) in [5, 5.41) is 12.6. The molecule has 1 aliphatic rings. The molecule has 0 aliphatic heterocycles. The lowest BCUT2D eigenvalue weighted by molar-refractivity contribution is 0.153. The molecular weight excluding hydrogens is 230 g/mol. The van der Waals surface area contributed by atoms with Crippen LogP contribution >= 0.6 is 0 Å². The highest BCUT2D eigenvalue weighted by Gasteiger charge is 2.16. The molecule has 0 radical (unpaired) electrons. The number of aliphatic hydroxyl groups is 1. The predicted octanol–water partition coefficient (Wildman–Crippen LogP) is 1.16. The van der Waals surface area contributed by atoms with Crippen LogP contribution in [0.15, 0.2) is 6.33 Å². The quantitative estimate of drug-likeness (QED) is 0.769. The number of anilines is 1. The van der Waals surface area contributed by atoms with Gasteiger partial charge in [-0.1, -0.05) is 6.42 Å². The Labute approximate surface area is 108 Å². The van der Waals surface area contributed by atoms with Gasteiger partial charge in [0.2, 0.25) is 0 Å². The number of methoxy groups -OCH3 is 1. The van der Waals surface area contributed by atoms with Gasteiger partial charge in [0.1, 0.15) is 12.1 Å². The van der Waals surface area contributed by atoms with E-state index in [4.69, 9.17) is 4.74 Å². The minimum absolute atomic E-state index is 0.0343. The normalized spacial score (nSPS) is 16.8. The summed E-state index contributed by atoms with van der Waals surface area (Å²) < 4.78 is 5.07. The highest BCUT2D eigenvalue weighted by atomic mass is 16.5. The molecule has 1 unspecified atom stereocenters. The molecule has 1 heterocycles. The van der Waals surface area contributed by atoms with Gasteiger partial charge in [0, 0.05) is 18.4 Å². The van der Waals surface area contributed by atoms with Crippen molar-refractivity contribution in [1.29, 1.82) is 0 Å². The number of hydrogen-bond acceptors (Lipinski definition) is 5. The van der Waals surface area contributed by atoms with Crippen LogP contribution in [0, 0.1) is 0 Å². The molecular formula is C13H21N3O2. The zero-order valence-electron chi connectivity index (χ0n) is 10.9. The lowest BCUT2D eigenvalue weighted by Gasteiger charge is -2.18. The first-order chi connectivity index (χ1) is 8.85. The van der Waals surface area contributed by atoms with Crippen molar-refractivity contribution in [1.82, 2.24) is 9.97 Å². The zero-order chi connectivity index (χ0) is 12.8. The monoisotopic (exact) mass is 251 g/mol. The smallest absolute Gasteiger partial charge is 0.133 e. The van der Waals surface area contributed by atoms with Crippen LogP contribution in [0.4, 0.5) is 5.82 Å². The second-order valence-electron chi connectivity index (χ2n) is 4.69. The molecule has 100 valence electrons. The van der Waals surface area contributed by atoms with Gasteiger partial charge in [0.25, 0.3) is 0 Å². The molecule has 2 N–H and O–H groups in total. The predicted molar refractivity (Wildman–Crippen MR) is 69.7 cm³/mol. The van der Waals surface area contributed by atoms with Gasteiger partial charge < -0.3 is 15.2 Å². The highest BCUT2D eigenvalue weighted by molar-refractivity contribution is 5.47. The number of aromatic nitrogens is 2. The van der Waals surface area contributed by atoms with E-state index in [2.05, 4.69) is 15.3 Å². The van der Waals surface area contributed by atoms with Crippen LogP contribution in [-0.2, 0) is 17.6 Å². The minimum atomic E-state index is -0.114. The Morgan fingerprint density at radius 3 is 2.94 bits per heavy atom. The Morgan fingerprint density at radius 1 is 1.33 bits per heavy atom. The summed E-state index contributed by atoms with van der Waals surface area (Å²) in [6, 6.07) is -0.114. The second-order valence-corrected chi connectivity index (χ2v) is 4.69. The number of aryl methyl sites for hydroxylation is 1. The van der Waals surface area contributed by atoms with E-state index in [0.717, 1.165) is 24.4 Å². The van der Waals surface area contributed by atoms with Crippen molar-refractivity contribution in [3.8, 4) is 0 Å². The van der Waals surface area contributed by atoms with Crippen molar-refractivity contribution in [2.45, 2.75) is 38.1 Å². The molecule has 5 heteroatoms. The van der Waals surface area contributed by atoms with Crippen LogP contribution in [0.2, 0.25) is 0 Å². The average molecular weight is 251 g/mol. The summed E-state index contributed by atoms with van der Waals surface area (Å²) >= 11 is 0. The molecule has 0 saturated carbocycles. The highest BCUT2D eigenvalue weighted by Crippen LogP contribution is 2.24. The van der Waals surface area contributed by atoms with Crippen LogP contribution in [-0.4, -0.2) is 41.4 Å². The Bertz CT molecular complexity index is 384. The number of aliphatic hydroxyl groups excluding tert-OH is 1. The van der Waals surface area contributed by atoms with Crippen molar-refractivity contribution < 1.29 is 9.84 Å². The molecule has 0 bridgehead atoms. The fourth-order valence-corrected chi connectivity index (χ4v) is 2.36. The van der Waals surface area contributed by atoms with Gasteiger partial charge >= 0.3 is 0 Å². The molecule has 5 nitrogen and oxygen atoms in total. The molecule has 0 saturated heterocycles. The van der Waals surface area contributed by atoms with Gasteiger partial charge in [-0.2, -0.15) is 0 Å². The van der Waals surface area contributed by atoms with Crippen LogP contribution in [0.25, 0.3) is 0 Å². The first-order valence-corrected chi connectivity index (χ1v) is 6.54. The van der Waals surface area contributed by atoms with Crippen LogP contribution in [0.1, 0.15) is 30.5 Å². The summed E-state index contributed by atoms with van der Waals surface area (Å²) in [5.74, 6) is 0.859. The second kappa shape index (κ2) is 6.66. The van der Waals surface area contributed by atoms with Crippen LogP contribution in [0.5, 0.6) is 0 Å². The first kappa shape index (κ1) is 13.2. The number of fused-ring (bicyclic) bond motifs is 1. The van der Waals surface area contributed by atoms with E-state index in [1.54, 1.807) is 13.4 Å². The summed E-state index contributed by atoms with van der Waals surface area (Å²) in [4.78, 5) is 8.69.